The van der Waals surface area contributed by atoms with Gasteiger partial charge in [-0.1, -0.05) is 0 Å². The molecule has 0 radical (unpaired) electrons. The number of rotatable bonds is 1. The van der Waals surface area contributed by atoms with Crippen molar-refractivity contribution in [2.75, 3.05) is 13.3 Å². The number of hydrogen-bond donors (Lipinski definition) is 1. The van der Waals surface area contributed by atoms with Gasteiger partial charge in [0.05, 0.1) is 0 Å². The van der Waals surface area contributed by atoms with E-state index in [0.717, 1.165) is 0 Å². The van der Waals surface area contributed by atoms with Gasteiger partial charge in [-0.2, -0.15) is 0 Å². The summed E-state index contributed by atoms with van der Waals surface area (Å²) < 4.78 is 2.56. The Hall–Kier alpha value is 0.680. The quantitative estimate of drug-likeness (QED) is 0.398. The third-order valence-corrected chi connectivity index (χ3v) is 1.52. The Labute approximate surface area is 38.6 Å². The Morgan fingerprint density at radius 1 is 1.60 bits per heavy atom. The van der Waals surface area contributed by atoms with E-state index >= 15 is 0 Å². The monoisotopic (exact) mass is 111 g/mol. The van der Waals surface area contributed by atoms with Crippen molar-refractivity contribution in [3.8, 4) is 0 Å². The Morgan fingerprint density at radius 3 is 1.80 bits per heavy atom. The average molecular weight is 112 g/mol. The van der Waals surface area contributed by atoms with Crippen molar-refractivity contribution >= 4 is 19.8 Å². The highest BCUT2D eigenvalue weighted by atomic mass is 35.5. The van der Waals surface area contributed by atoms with Gasteiger partial charge < -0.3 is 0 Å². The standard InChI is InChI=1S/C2H7ClNP/c1-5(2)4-3/h4H,1-2H3. The largest absolute Gasteiger partial charge is 0.212 e. The molecule has 0 saturated carbocycles. The van der Waals surface area contributed by atoms with Gasteiger partial charge in [-0.05, 0) is 33.2 Å². The minimum atomic E-state index is -0.0828. The molecule has 32 valence electrons. The fourth-order valence-electron chi connectivity index (χ4n) is 0. The Balaban J connectivity index is 2.54. The summed E-state index contributed by atoms with van der Waals surface area (Å²) in [6.45, 7) is 4.09. The first-order valence-corrected chi connectivity index (χ1v) is 3.92. The lowest BCUT2D eigenvalue weighted by molar-refractivity contribution is 1.65. The highest BCUT2D eigenvalue weighted by molar-refractivity contribution is 7.55. The van der Waals surface area contributed by atoms with E-state index < -0.39 is 0 Å². The van der Waals surface area contributed by atoms with Crippen LogP contribution in [0, 0.1) is 0 Å². The van der Waals surface area contributed by atoms with Gasteiger partial charge in [-0.25, -0.2) is 4.61 Å². The van der Waals surface area contributed by atoms with E-state index in [1.807, 2.05) is 13.3 Å². The number of nitrogens with one attached hydrogen (secondary N) is 1. The molecule has 0 rings (SSSR count). The molecule has 0 unspecified atom stereocenters. The van der Waals surface area contributed by atoms with Crippen LogP contribution in [0.15, 0.2) is 0 Å². The van der Waals surface area contributed by atoms with E-state index in [9.17, 15) is 0 Å². The zero-order valence-electron chi connectivity index (χ0n) is 3.33. The first-order chi connectivity index (χ1) is 2.27. The second-order valence-electron chi connectivity index (χ2n) is 0.979. The van der Waals surface area contributed by atoms with Crippen LogP contribution in [0.2, 0.25) is 0 Å². The number of hydrogen-bond acceptors (Lipinski definition) is 1. The summed E-state index contributed by atoms with van der Waals surface area (Å²) in [7, 11) is -0.0828. The second kappa shape index (κ2) is 2.89. The Bertz CT molecular complexity index is 23.6. The second-order valence-corrected chi connectivity index (χ2v) is 3.44. The van der Waals surface area contributed by atoms with Crippen LogP contribution in [0.3, 0.4) is 0 Å². The smallest absolute Gasteiger partial charge is 0.0211 e. The third kappa shape index (κ3) is 4.68. The van der Waals surface area contributed by atoms with Crippen molar-refractivity contribution in [3.05, 3.63) is 0 Å². The van der Waals surface area contributed by atoms with Crippen LogP contribution in [-0.4, -0.2) is 13.3 Å². The molecule has 3 heteroatoms. The molecule has 0 aromatic carbocycles. The summed E-state index contributed by atoms with van der Waals surface area (Å²) in [6.07, 6.45) is 0. The summed E-state index contributed by atoms with van der Waals surface area (Å²) >= 11 is 5.12. The molecule has 0 aliphatic heterocycles. The molecule has 0 atom stereocenters. The van der Waals surface area contributed by atoms with Gasteiger partial charge in [0.15, 0.2) is 0 Å². The predicted octanol–water partition coefficient (Wildman–Crippen LogP) is 1.39. The van der Waals surface area contributed by atoms with Crippen molar-refractivity contribution in [2.45, 2.75) is 0 Å². The third-order valence-electron chi connectivity index (χ3n) is 0.169. The normalized spacial score (nSPS) is 9.60. The SMILES string of the molecule is CP(C)NCl. The lowest BCUT2D eigenvalue weighted by Crippen LogP contribution is -1.81. The molecule has 0 aromatic rings. The minimum Gasteiger partial charge on any atom is -0.212 e. The van der Waals surface area contributed by atoms with Crippen molar-refractivity contribution in [3.63, 3.8) is 0 Å². The van der Waals surface area contributed by atoms with Crippen molar-refractivity contribution in [2.24, 2.45) is 0 Å². The van der Waals surface area contributed by atoms with Crippen LogP contribution in [0.5, 0.6) is 0 Å². The molecular formula is C2H7ClNP. The minimum absolute atomic E-state index is 0.0828. The van der Waals surface area contributed by atoms with E-state index in [-0.39, 0.29) is 8.07 Å². The predicted molar refractivity (Wildman–Crippen MR) is 27.8 cm³/mol. The molecular weight excluding hydrogens is 104 g/mol. The molecule has 0 aliphatic rings. The molecule has 0 aliphatic carbocycles. The van der Waals surface area contributed by atoms with Crippen LogP contribution in [0.4, 0.5) is 0 Å². The maximum atomic E-state index is 5.12. The van der Waals surface area contributed by atoms with E-state index in [4.69, 9.17) is 11.8 Å². The molecule has 0 bridgehead atoms. The molecule has 1 N–H and O–H groups in total. The van der Waals surface area contributed by atoms with Crippen LogP contribution < -0.4 is 4.61 Å². The van der Waals surface area contributed by atoms with Crippen LogP contribution in [0.1, 0.15) is 0 Å². The lowest BCUT2D eigenvalue weighted by Gasteiger charge is -1.92. The zero-order chi connectivity index (χ0) is 4.28. The van der Waals surface area contributed by atoms with Gasteiger partial charge in [-0.3, -0.25) is 0 Å². The fraction of sp³-hybridized carbons (Fsp3) is 1.00. The highest BCUT2D eigenvalue weighted by Gasteiger charge is 1.78. The van der Waals surface area contributed by atoms with Crippen molar-refractivity contribution in [1.29, 1.82) is 0 Å². The van der Waals surface area contributed by atoms with Gasteiger partial charge in [0, 0.05) is 0 Å². The summed E-state index contributed by atoms with van der Waals surface area (Å²) in [5, 5.41) is 0. The molecule has 0 spiro atoms. The fourth-order valence-corrected chi connectivity index (χ4v) is 0. The summed E-state index contributed by atoms with van der Waals surface area (Å²) in [5.74, 6) is 0. The van der Waals surface area contributed by atoms with Gasteiger partial charge in [-0.15, -0.1) is 0 Å². The summed E-state index contributed by atoms with van der Waals surface area (Å²) in [4.78, 5) is 0. The average Bonchev–Trinajstić information content (AvgIpc) is 1.38. The first kappa shape index (κ1) is 5.68. The summed E-state index contributed by atoms with van der Waals surface area (Å²) in [5.41, 5.74) is 0. The van der Waals surface area contributed by atoms with Gasteiger partial charge in [0.2, 0.25) is 0 Å². The van der Waals surface area contributed by atoms with E-state index in [1.165, 1.54) is 0 Å². The maximum Gasteiger partial charge on any atom is -0.0211 e. The van der Waals surface area contributed by atoms with Crippen molar-refractivity contribution in [1.82, 2.24) is 4.61 Å². The molecule has 1 nitrogen and oxygen atoms in total. The lowest BCUT2D eigenvalue weighted by atomic mass is 11.9. The van der Waals surface area contributed by atoms with Crippen molar-refractivity contribution < 1.29 is 0 Å². The maximum absolute atomic E-state index is 5.12. The zero-order valence-corrected chi connectivity index (χ0v) is 4.98. The van der Waals surface area contributed by atoms with E-state index in [0.29, 0.717) is 0 Å². The Kier molecular flexibility index (Phi) is 3.29. The van der Waals surface area contributed by atoms with E-state index in [2.05, 4.69) is 4.61 Å². The first-order valence-electron chi connectivity index (χ1n) is 1.31. The molecule has 0 fully saturated rings. The van der Waals surface area contributed by atoms with Gasteiger partial charge in [0.1, 0.15) is 0 Å². The molecule has 0 saturated heterocycles. The molecule has 5 heavy (non-hydrogen) atoms. The molecule has 0 amide bonds. The van der Waals surface area contributed by atoms with Crippen LogP contribution >= 0.6 is 19.8 Å². The highest BCUT2D eigenvalue weighted by Crippen LogP contribution is 2.16. The molecule has 0 aromatic heterocycles. The number of halogens is 1. The molecule has 0 heterocycles. The van der Waals surface area contributed by atoms with E-state index in [1.54, 1.807) is 0 Å². The van der Waals surface area contributed by atoms with Gasteiger partial charge in [0.25, 0.3) is 0 Å². The van der Waals surface area contributed by atoms with Crippen LogP contribution in [-0.2, 0) is 0 Å². The van der Waals surface area contributed by atoms with Gasteiger partial charge >= 0.3 is 0 Å². The topological polar surface area (TPSA) is 12.0 Å². The van der Waals surface area contributed by atoms with Crippen LogP contribution in [0.25, 0.3) is 0 Å². The Morgan fingerprint density at radius 2 is 1.80 bits per heavy atom. The summed E-state index contributed by atoms with van der Waals surface area (Å²) in [6, 6.07) is 0.